The van der Waals surface area contributed by atoms with Crippen molar-refractivity contribution < 1.29 is 23.5 Å². The zero-order valence-electron chi connectivity index (χ0n) is 17.9. The minimum absolute atomic E-state index is 0.160. The van der Waals surface area contributed by atoms with Gasteiger partial charge in [-0.2, -0.15) is 0 Å². The van der Waals surface area contributed by atoms with E-state index < -0.39 is 17.8 Å². The van der Waals surface area contributed by atoms with Crippen molar-refractivity contribution >= 4 is 29.6 Å². The first-order valence-electron chi connectivity index (χ1n) is 10.4. The van der Waals surface area contributed by atoms with E-state index in [1.54, 1.807) is 48.5 Å². The van der Waals surface area contributed by atoms with E-state index in [9.17, 15) is 18.8 Å². The normalized spacial score (nSPS) is 15.0. The van der Waals surface area contributed by atoms with Gasteiger partial charge < -0.3 is 4.74 Å². The zero-order valence-corrected chi connectivity index (χ0v) is 17.9. The molecule has 166 valence electrons. The Kier molecular flexibility index (Phi) is 6.31. The number of carbonyl (C=O) groups is 3. The maximum Gasteiger partial charge on any atom is 0.335 e. The molecule has 0 aromatic heterocycles. The number of carbonyl (C=O) groups excluding carboxylic acids is 3. The second-order valence-electron chi connectivity index (χ2n) is 7.47. The van der Waals surface area contributed by atoms with Gasteiger partial charge in [-0.3, -0.25) is 14.9 Å². The number of aryl methyl sites for hydroxylation is 1. The van der Waals surface area contributed by atoms with Crippen LogP contribution in [0, 0.1) is 5.82 Å². The summed E-state index contributed by atoms with van der Waals surface area (Å²) in [6.45, 7) is 2.16. The number of urea groups is 1. The molecule has 7 heteroatoms. The summed E-state index contributed by atoms with van der Waals surface area (Å²) in [4.78, 5) is 38.8. The number of anilines is 1. The van der Waals surface area contributed by atoms with Crippen molar-refractivity contribution in [1.82, 2.24) is 5.32 Å². The molecule has 33 heavy (non-hydrogen) atoms. The summed E-state index contributed by atoms with van der Waals surface area (Å²) in [6.07, 6.45) is 2.23. The van der Waals surface area contributed by atoms with Crippen molar-refractivity contribution in [2.75, 3.05) is 4.90 Å². The van der Waals surface area contributed by atoms with Gasteiger partial charge in [0.2, 0.25) is 0 Å². The molecular weight excluding hydrogens is 423 g/mol. The fraction of sp³-hybridized carbons (Fsp3) is 0.115. The molecule has 0 bridgehead atoms. The quantitative estimate of drug-likeness (QED) is 0.444. The zero-order chi connectivity index (χ0) is 23.4. The average Bonchev–Trinajstić information content (AvgIpc) is 2.81. The number of rotatable bonds is 6. The Hall–Kier alpha value is -4.26. The molecular formula is C26H21FN2O4. The summed E-state index contributed by atoms with van der Waals surface area (Å²) in [6, 6.07) is 19.1. The van der Waals surface area contributed by atoms with Crippen molar-refractivity contribution in [3.63, 3.8) is 0 Å². The third-order valence-electron chi connectivity index (χ3n) is 5.17. The van der Waals surface area contributed by atoms with Crippen LogP contribution < -0.4 is 15.0 Å². The van der Waals surface area contributed by atoms with Crippen LogP contribution in [-0.4, -0.2) is 17.8 Å². The number of halogens is 1. The fourth-order valence-corrected chi connectivity index (χ4v) is 3.43. The highest BCUT2D eigenvalue weighted by atomic mass is 19.1. The van der Waals surface area contributed by atoms with Crippen LogP contribution in [-0.2, 0) is 22.6 Å². The number of amides is 4. The van der Waals surface area contributed by atoms with E-state index in [-0.39, 0.29) is 18.0 Å². The number of hydrogen-bond acceptors (Lipinski definition) is 4. The van der Waals surface area contributed by atoms with Gasteiger partial charge in [0, 0.05) is 0 Å². The smallest absolute Gasteiger partial charge is 0.335 e. The van der Waals surface area contributed by atoms with Crippen LogP contribution in [0.5, 0.6) is 5.75 Å². The predicted octanol–water partition coefficient (Wildman–Crippen LogP) is 4.63. The summed E-state index contributed by atoms with van der Waals surface area (Å²) in [5, 5.41) is 2.22. The maximum atomic E-state index is 13.3. The second-order valence-corrected chi connectivity index (χ2v) is 7.47. The standard InChI is InChI=1S/C26H21FN2O4/c1-2-17-9-11-21(12-10-17)29-25(31)23(24(30)28-26(29)32)15-18-5-4-8-22(14-18)33-16-19-6-3-7-20(27)13-19/h3-15H,2,16H2,1H3,(H,28,30,32)/b23-15-. The fourth-order valence-electron chi connectivity index (χ4n) is 3.43. The Morgan fingerprint density at radius 3 is 2.42 bits per heavy atom. The second kappa shape index (κ2) is 9.48. The molecule has 0 radical (unpaired) electrons. The van der Waals surface area contributed by atoms with E-state index in [1.807, 2.05) is 19.1 Å². The van der Waals surface area contributed by atoms with Crippen molar-refractivity contribution in [2.24, 2.45) is 0 Å². The SMILES string of the molecule is CCc1ccc(N2C(=O)NC(=O)/C(=C/c3cccc(OCc4cccc(F)c4)c3)C2=O)cc1. The molecule has 6 nitrogen and oxygen atoms in total. The van der Waals surface area contributed by atoms with Gasteiger partial charge in [0.15, 0.2) is 0 Å². The molecule has 0 unspecified atom stereocenters. The van der Waals surface area contributed by atoms with E-state index >= 15 is 0 Å². The van der Waals surface area contributed by atoms with Gasteiger partial charge in [-0.15, -0.1) is 0 Å². The monoisotopic (exact) mass is 444 g/mol. The maximum absolute atomic E-state index is 13.3. The van der Waals surface area contributed by atoms with Gasteiger partial charge in [-0.05, 0) is 65.6 Å². The number of nitrogens with one attached hydrogen (secondary N) is 1. The van der Waals surface area contributed by atoms with Crippen molar-refractivity contribution in [3.05, 3.63) is 101 Å². The van der Waals surface area contributed by atoms with Crippen LogP contribution in [0.25, 0.3) is 6.08 Å². The van der Waals surface area contributed by atoms with Gasteiger partial charge in [0.1, 0.15) is 23.7 Å². The summed E-state index contributed by atoms with van der Waals surface area (Å²) in [5.74, 6) is -1.34. The Bertz CT molecular complexity index is 1250. The van der Waals surface area contributed by atoms with E-state index in [2.05, 4.69) is 5.32 Å². The van der Waals surface area contributed by atoms with E-state index in [0.29, 0.717) is 22.6 Å². The lowest BCUT2D eigenvalue weighted by atomic mass is 10.1. The molecule has 1 aliphatic heterocycles. The predicted molar refractivity (Wildman–Crippen MR) is 122 cm³/mol. The largest absolute Gasteiger partial charge is 0.489 e. The van der Waals surface area contributed by atoms with Gasteiger partial charge >= 0.3 is 6.03 Å². The summed E-state index contributed by atoms with van der Waals surface area (Å²) in [5.41, 5.74) is 2.48. The van der Waals surface area contributed by atoms with Crippen LogP contribution in [0.1, 0.15) is 23.6 Å². The molecule has 1 saturated heterocycles. The number of nitrogens with zero attached hydrogens (tertiary/aromatic N) is 1. The molecule has 0 aliphatic carbocycles. The molecule has 1 fully saturated rings. The number of ether oxygens (including phenoxy) is 1. The molecule has 4 amide bonds. The van der Waals surface area contributed by atoms with Gasteiger partial charge in [-0.1, -0.05) is 43.3 Å². The van der Waals surface area contributed by atoms with Gasteiger partial charge in [0.25, 0.3) is 11.8 Å². The van der Waals surface area contributed by atoms with E-state index in [1.165, 1.54) is 18.2 Å². The number of benzene rings is 3. The summed E-state index contributed by atoms with van der Waals surface area (Å²) in [7, 11) is 0. The van der Waals surface area contributed by atoms with Crippen LogP contribution in [0.2, 0.25) is 0 Å². The lowest BCUT2D eigenvalue weighted by Crippen LogP contribution is -2.54. The molecule has 0 atom stereocenters. The van der Waals surface area contributed by atoms with Crippen LogP contribution in [0.4, 0.5) is 14.9 Å². The Morgan fingerprint density at radius 2 is 1.70 bits per heavy atom. The minimum Gasteiger partial charge on any atom is -0.489 e. The van der Waals surface area contributed by atoms with Crippen LogP contribution in [0.15, 0.2) is 78.4 Å². The van der Waals surface area contributed by atoms with Crippen molar-refractivity contribution in [3.8, 4) is 5.75 Å². The lowest BCUT2D eigenvalue weighted by Gasteiger charge is -2.26. The average molecular weight is 444 g/mol. The molecule has 1 heterocycles. The Balaban J connectivity index is 1.56. The highest BCUT2D eigenvalue weighted by Gasteiger charge is 2.36. The third kappa shape index (κ3) is 4.98. The summed E-state index contributed by atoms with van der Waals surface area (Å²) >= 11 is 0. The van der Waals surface area contributed by atoms with Crippen LogP contribution in [0.3, 0.4) is 0 Å². The Labute approximate surface area is 190 Å². The highest BCUT2D eigenvalue weighted by molar-refractivity contribution is 6.39. The molecule has 3 aromatic carbocycles. The first kappa shape index (κ1) is 22.0. The van der Waals surface area contributed by atoms with Crippen molar-refractivity contribution in [1.29, 1.82) is 0 Å². The lowest BCUT2D eigenvalue weighted by molar-refractivity contribution is -0.122. The van der Waals surface area contributed by atoms with Gasteiger partial charge in [-0.25, -0.2) is 14.1 Å². The molecule has 0 spiro atoms. The van der Waals surface area contributed by atoms with E-state index in [0.717, 1.165) is 16.9 Å². The first-order chi connectivity index (χ1) is 15.9. The Morgan fingerprint density at radius 1 is 0.939 bits per heavy atom. The number of imide groups is 2. The third-order valence-corrected chi connectivity index (χ3v) is 5.17. The highest BCUT2D eigenvalue weighted by Crippen LogP contribution is 2.24. The summed E-state index contributed by atoms with van der Waals surface area (Å²) < 4.78 is 19.1. The topological polar surface area (TPSA) is 75.7 Å². The molecule has 3 aromatic rings. The van der Waals surface area contributed by atoms with E-state index in [4.69, 9.17) is 4.74 Å². The number of barbiturate groups is 1. The minimum atomic E-state index is -0.793. The molecule has 4 rings (SSSR count). The van der Waals surface area contributed by atoms with Gasteiger partial charge in [0.05, 0.1) is 5.69 Å². The number of hydrogen-bond donors (Lipinski definition) is 1. The van der Waals surface area contributed by atoms with Crippen molar-refractivity contribution in [2.45, 2.75) is 20.0 Å². The molecule has 1 aliphatic rings. The molecule has 0 saturated carbocycles. The first-order valence-corrected chi connectivity index (χ1v) is 10.4. The molecule has 1 N–H and O–H groups in total. The van der Waals surface area contributed by atoms with Crippen LogP contribution >= 0.6 is 0 Å².